The molecule has 144 valence electrons. The zero-order valence-corrected chi connectivity index (χ0v) is 19.4. The molecule has 2 nitrogen and oxygen atoms in total. The Balaban J connectivity index is 1.71. The SMILES string of the molecule is O=CCc1ccc(-c2ccc(N(c3ccc(Br)cc3)c3ccc(Br)cc3)cc2)s1. The molecule has 0 N–H and O–H groups in total. The van der Waals surface area contributed by atoms with Crippen LogP contribution in [0.4, 0.5) is 17.1 Å². The summed E-state index contributed by atoms with van der Waals surface area (Å²) < 4.78 is 2.10. The number of rotatable bonds is 6. The molecule has 1 aromatic heterocycles. The minimum atomic E-state index is 0.476. The summed E-state index contributed by atoms with van der Waals surface area (Å²) in [5.74, 6) is 0. The van der Waals surface area contributed by atoms with Gasteiger partial charge in [0.05, 0.1) is 0 Å². The Labute approximate surface area is 191 Å². The van der Waals surface area contributed by atoms with E-state index in [0.717, 1.165) is 42.7 Å². The third-order valence-electron chi connectivity index (χ3n) is 4.53. The van der Waals surface area contributed by atoms with E-state index in [-0.39, 0.29) is 0 Å². The van der Waals surface area contributed by atoms with Crippen LogP contribution in [-0.2, 0) is 11.2 Å². The fourth-order valence-electron chi connectivity index (χ4n) is 3.13. The number of hydrogen-bond donors (Lipinski definition) is 0. The molecule has 0 saturated heterocycles. The molecule has 0 bridgehead atoms. The van der Waals surface area contributed by atoms with E-state index < -0.39 is 0 Å². The van der Waals surface area contributed by atoms with Gasteiger partial charge in [0, 0.05) is 42.2 Å². The number of carbonyl (C=O) groups is 1. The minimum Gasteiger partial charge on any atom is -0.311 e. The Morgan fingerprint density at radius 2 is 1.17 bits per heavy atom. The van der Waals surface area contributed by atoms with Gasteiger partial charge in [-0.1, -0.05) is 44.0 Å². The van der Waals surface area contributed by atoms with Crippen LogP contribution >= 0.6 is 43.2 Å². The van der Waals surface area contributed by atoms with Gasteiger partial charge in [-0.05, 0) is 78.4 Å². The zero-order chi connectivity index (χ0) is 20.2. The van der Waals surface area contributed by atoms with Crippen LogP contribution in [0.1, 0.15) is 4.88 Å². The smallest absolute Gasteiger partial charge is 0.125 e. The standard InChI is InChI=1S/C24H17Br2NOS/c25-18-3-9-21(10-4-18)27(22-11-5-19(26)6-12-22)20-7-1-17(2-8-20)24-14-13-23(29-24)15-16-28/h1-14,16H,15H2. The third-order valence-corrected chi connectivity index (χ3v) is 6.74. The summed E-state index contributed by atoms with van der Waals surface area (Å²) in [5.41, 5.74) is 4.42. The molecule has 0 radical (unpaired) electrons. The normalized spacial score (nSPS) is 10.7. The van der Waals surface area contributed by atoms with Gasteiger partial charge in [-0.2, -0.15) is 0 Å². The molecule has 0 aliphatic rings. The first-order valence-corrected chi connectivity index (χ1v) is 11.5. The minimum absolute atomic E-state index is 0.476. The lowest BCUT2D eigenvalue weighted by Gasteiger charge is -2.25. The molecule has 1 heterocycles. The van der Waals surface area contributed by atoms with Gasteiger partial charge in [-0.25, -0.2) is 0 Å². The van der Waals surface area contributed by atoms with Crippen molar-refractivity contribution >= 4 is 66.5 Å². The van der Waals surface area contributed by atoms with Gasteiger partial charge in [0.2, 0.25) is 0 Å². The van der Waals surface area contributed by atoms with Crippen LogP contribution in [0.5, 0.6) is 0 Å². The molecule has 4 aromatic rings. The fraction of sp³-hybridized carbons (Fsp3) is 0.0417. The van der Waals surface area contributed by atoms with Crippen molar-refractivity contribution in [3.63, 3.8) is 0 Å². The lowest BCUT2D eigenvalue weighted by Crippen LogP contribution is -2.09. The van der Waals surface area contributed by atoms with Gasteiger partial charge in [0.15, 0.2) is 0 Å². The molecule has 3 aromatic carbocycles. The Bertz CT molecular complexity index is 1060. The van der Waals surface area contributed by atoms with E-state index in [2.05, 4.69) is 116 Å². The molecule has 29 heavy (non-hydrogen) atoms. The predicted octanol–water partition coefficient (Wildman–Crippen LogP) is 8.15. The number of aldehydes is 1. The first kappa shape index (κ1) is 20.1. The van der Waals surface area contributed by atoms with Crippen LogP contribution < -0.4 is 4.90 Å². The Hall–Kier alpha value is -2.21. The third kappa shape index (κ3) is 4.69. The summed E-state index contributed by atoms with van der Waals surface area (Å²) in [6.07, 6.45) is 1.43. The highest BCUT2D eigenvalue weighted by Crippen LogP contribution is 2.37. The average molecular weight is 527 g/mol. The maximum absolute atomic E-state index is 10.7. The van der Waals surface area contributed by atoms with Crippen molar-refractivity contribution in [1.29, 1.82) is 0 Å². The van der Waals surface area contributed by atoms with Gasteiger partial charge >= 0.3 is 0 Å². The number of nitrogens with zero attached hydrogens (tertiary/aromatic N) is 1. The molecular weight excluding hydrogens is 510 g/mol. The second kappa shape index (κ2) is 9.08. The quantitative estimate of drug-likeness (QED) is 0.236. The first-order valence-electron chi connectivity index (χ1n) is 9.08. The van der Waals surface area contributed by atoms with Crippen LogP contribution in [0.15, 0.2) is 93.9 Å². The number of hydrogen-bond acceptors (Lipinski definition) is 3. The second-order valence-electron chi connectivity index (χ2n) is 6.47. The van der Waals surface area contributed by atoms with Crippen LogP contribution in [0, 0.1) is 0 Å². The highest BCUT2D eigenvalue weighted by molar-refractivity contribution is 9.10. The number of halogens is 2. The molecule has 0 spiro atoms. The van der Waals surface area contributed by atoms with Crippen molar-refractivity contribution in [3.8, 4) is 10.4 Å². The lowest BCUT2D eigenvalue weighted by molar-refractivity contribution is -0.107. The molecule has 0 amide bonds. The summed E-state index contributed by atoms with van der Waals surface area (Å²) in [7, 11) is 0. The van der Waals surface area contributed by atoms with E-state index in [9.17, 15) is 4.79 Å². The molecule has 0 aliphatic heterocycles. The molecule has 0 fully saturated rings. The van der Waals surface area contributed by atoms with Crippen molar-refractivity contribution < 1.29 is 4.79 Å². The van der Waals surface area contributed by atoms with E-state index in [1.54, 1.807) is 11.3 Å². The summed E-state index contributed by atoms with van der Waals surface area (Å²) in [6.45, 7) is 0. The Morgan fingerprint density at radius 3 is 1.66 bits per heavy atom. The molecule has 0 unspecified atom stereocenters. The monoisotopic (exact) mass is 525 g/mol. The topological polar surface area (TPSA) is 20.3 Å². The van der Waals surface area contributed by atoms with Gasteiger partial charge in [0.1, 0.15) is 6.29 Å². The Kier molecular flexibility index (Phi) is 6.28. The Morgan fingerprint density at radius 1 is 0.690 bits per heavy atom. The van der Waals surface area contributed by atoms with Crippen molar-refractivity contribution in [3.05, 3.63) is 98.8 Å². The van der Waals surface area contributed by atoms with Gasteiger partial charge < -0.3 is 9.69 Å². The van der Waals surface area contributed by atoms with Crippen molar-refractivity contribution in [2.75, 3.05) is 4.90 Å². The second-order valence-corrected chi connectivity index (χ2v) is 9.47. The number of anilines is 3. The summed E-state index contributed by atoms with van der Waals surface area (Å²) in [6, 6.07) is 29.3. The molecule has 0 saturated carbocycles. The molecular formula is C24H17Br2NOS. The number of benzene rings is 3. The van der Waals surface area contributed by atoms with E-state index in [1.807, 2.05) is 6.07 Å². The van der Waals surface area contributed by atoms with Gasteiger partial charge in [-0.15, -0.1) is 11.3 Å². The van der Waals surface area contributed by atoms with Crippen molar-refractivity contribution in [2.45, 2.75) is 6.42 Å². The summed E-state index contributed by atoms with van der Waals surface area (Å²) >= 11 is 8.70. The highest BCUT2D eigenvalue weighted by atomic mass is 79.9. The first-order chi connectivity index (χ1) is 14.1. The summed E-state index contributed by atoms with van der Waals surface area (Å²) in [4.78, 5) is 15.2. The molecule has 0 aliphatic carbocycles. The zero-order valence-electron chi connectivity index (χ0n) is 15.4. The van der Waals surface area contributed by atoms with Gasteiger partial charge in [0.25, 0.3) is 0 Å². The predicted molar refractivity (Wildman–Crippen MR) is 130 cm³/mol. The maximum atomic E-state index is 10.7. The van der Waals surface area contributed by atoms with E-state index in [4.69, 9.17) is 0 Å². The maximum Gasteiger partial charge on any atom is 0.125 e. The van der Waals surface area contributed by atoms with E-state index >= 15 is 0 Å². The molecule has 4 rings (SSSR count). The molecule has 0 atom stereocenters. The van der Waals surface area contributed by atoms with Crippen LogP contribution in [-0.4, -0.2) is 6.29 Å². The van der Waals surface area contributed by atoms with Crippen LogP contribution in [0.25, 0.3) is 10.4 Å². The van der Waals surface area contributed by atoms with E-state index in [0.29, 0.717) is 6.42 Å². The molecule has 5 heteroatoms. The lowest BCUT2D eigenvalue weighted by atomic mass is 10.1. The van der Waals surface area contributed by atoms with E-state index in [1.165, 1.54) is 4.88 Å². The van der Waals surface area contributed by atoms with Crippen molar-refractivity contribution in [2.24, 2.45) is 0 Å². The average Bonchev–Trinajstić information content (AvgIpc) is 3.20. The van der Waals surface area contributed by atoms with Crippen LogP contribution in [0.3, 0.4) is 0 Å². The number of carbonyl (C=O) groups excluding carboxylic acids is 1. The highest BCUT2D eigenvalue weighted by Gasteiger charge is 2.13. The number of thiophene rings is 1. The van der Waals surface area contributed by atoms with Crippen LogP contribution in [0.2, 0.25) is 0 Å². The van der Waals surface area contributed by atoms with Gasteiger partial charge in [-0.3, -0.25) is 0 Å². The fourth-order valence-corrected chi connectivity index (χ4v) is 4.62. The van der Waals surface area contributed by atoms with Crippen molar-refractivity contribution in [1.82, 2.24) is 0 Å². The summed E-state index contributed by atoms with van der Waals surface area (Å²) in [5, 5.41) is 0. The largest absolute Gasteiger partial charge is 0.311 e.